The Morgan fingerprint density at radius 1 is 1.37 bits per heavy atom. The summed E-state index contributed by atoms with van der Waals surface area (Å²) < 4.78 is 5.38. The third kappa shape index (κ3) is 7.01. The first-order valence-corrected chi connectivity index (χ1v) is 11.3. The number of thiazole rings is 1. The van der Waals surface area contributed by atoms with Gasteiger partial charge < -0.3 is 20.3 Å². The molecule has 0 bridgehead atoms. The van der Waals surface area contributed by atoms with Gasteiger partial charge in [-0.3, -0.25) is 4.99 Å². The topological polar surface area (TPSA) is 61.8 Å². The molecule has 1 unspecified atom stereocenters. The van der Waals surface area contributed by atoms with E-state index >= 15 is 0 Å². The molecule has 166 valence electrons. The number of halogens is 1. The van der Waals surface area contributed by atoms with Crippen molar-refractivity contribution in [2.24, 2.45) is 4.99 Å². The van der Waals surface area contributed by atoms with E-state index in [-0.39, 0.29) is 24.0 Å². The molecule has 8 heteroatoms. The summed E-state index contributed by atoms with van der Waals surface area (Å²) in [4.78, 5) is 13.1. The lowest BCUT2D eigenvalue weighted by atomic mass is 10.0. The molecule has 1 saturated heterocycles. The van der Waals surface area contributed by atoms with Crippen LogP contribution in [0.5, 0.6) is 5.75 Å². The highest BCUT2D eigenvalue weighted by Gasteiger charge is 2.21. The SMILES string of the molecule is CCNC(=NCCc1sc(C)nc1C)NC1CCCN(c2cccc(OC)c2)C1.I. The second-order valence-electron chi connectivity index (χ2n) is 7.38. The van der Waals surface area contributed by atoms with Crippen molar-refractivity contribution >= 4 is 47.0 Å². The minimum atomic E-state index is 0. The molecular weight excluding hydrogens is 509 g/mol. The largest absolute Gasteiger partial charge is 0.497 e. The van der Waals surface area contributed by atoms with Crippen molar-refractivity contribution in [1.82, 2.24) is 15.6 Å². The Hall–Kier alpha value is -1.55. The van der Waals surface area contributed by atoms with Gasteiger partial charge in [-0.2, -0.15) is 0 Å². The number of rotatable bonds is 7. The fraction of sp³-hybridized carbons (Fsp3) is 0.545. The third-order valence-corrected chi connectivity index (χ3v) is 6.27. The van der Waals surface area contributed by atoms with Gasteiger partial charge in [-0.05, 0) is 45.7 Å². The fourth-order valence-corrected chi connectivity index (χ4v) is 4.65. The number of aromatic nitrogens is 1. The molecule has 6 nitrogen and oxygen atoms in total. The molecule has 0 aliphatic carbocycles. The van der Waals surface area contributed by atoms with Gasteiger partial charge in [0, 0.05) is 55.3 Å². The van der Waals surface area contributed by atoms with Gasteiger partial charge in [0.05, 0.1) is 17.8 Å². The summed E-state index contributed by atoms with van der Waals surface area (Å²) in [5, 5.41) is 8.17. The van der Waals surface area contributed by atoms with Crippen LogP contribution in [0.3, 0.4) is 0 Å². The molecule has 1 fully saturated rings. The molecule has 1 aliphatic heterocycles. The standard InChI is InChI=1S/C22H33N5OS.HI/c1-5-23-22(24-12-11-21-16(2)25-17(3)29-21)26-18-8-7-13-27(15-18)19-9-6-10-20(14-19)28-4;/h6,9-10,14,18H,5,7-8,11-13,15H2,1-4H3,(H2,23,24,26);1H. The number of ether oxygens (including phenoxy) is 1. The van der Waals surface area contributed by atoms with E-state index in [0.717, 1.165) is 67.9 Å². The molecule has 1 aromatic heterocycles. The molecule has 2 heterocycles. The lowest BCUT2D eigenvalue weighted by Crippen LogP contribution is -2.51. The van der Waals surface area contributed by atoms with E-state index in [1.807, 2.05) is 6.07 Å². The van der Waals surface area contributed by atoms with Crippen LogP contribution in [0.1, 0.15) is 35.3 Å². The van der Waals surface area contributed by atoms with Crippen molar-refractivity contribution in [3.8, 4) is 5.75 Å². The molecule has 3 rings (SSSR count). The molecule has 0 radical (unpaired) electrons. The zero-order chi connectivity index (χ0) is 20.6. The van der Waals surface area contributed by atoms with E-state index in [2.05, 4.69) is 59.5 Å². The summed E-state index contributed by atoms with van der Waals surface area (Å²) >= 11 is 1.78. The Bertz CT molecular complexity index is 826. The predicted molar refractivity (Wildman–Crippen MR) is 138 cm³/mol. The number of anilines is 1. The van der Waals surface area contributed by atoms with Crippen molar-refractivity contribution in [3.05, 3.63) is 39.8 Å². The van der Waals surface area contributed by atoms with E-state index in [9.17, 15) is 0 Å². The van der Waals surface area contributed by atoms with Crippen LogP contribution in [-0.4, -0.2) is 50.3 Å². The fourth-order valence-electron chi connectivity index (χ4n) is 3.72. The molecular formula is C22H34IN5OS. The highest BCUT2D eigenvalue weighted by atomic mass is 127. The van der Waals surface area contributed by atoms with Crippen molar-refractivity contribution in [3.63, 3.8) is 0 Å². The van der Waals surface area contributed by atoms with E-state index < -0.39 is 0 Å². The van der Waals surface area contributed by atoms with Crippen LogP contribution >= 0.6 is 35.3 Å². The molecule has 1 aromatic carbocycles. The maximum Gasteiger partial charge on any atom is 0.191 e. The van der Waals surface area contributed by atoms with Gasteiger partial charge >= 0.3 is 0 Å². The summed E-state index contributed by atoms with van der Waals surface area (Å²) in [5.41, 5.74) is 2.36. The Balaban J connectivity index is 0.00000320. The number of guanidine groups is 1. The first kappa shape index (κ1) is 24.7. The Labute approximate surface area is 201 Å². The second kappa shape index (κ2) is 12.3. The van der Waals surface area contributed by atoms with Crippen molar-refractivity contribution in [2.45, 2.75) is 46.1 Å². The number of hydrogen-bond donors (Lipinski definition) is 2. The molecule has 0 amide bonds. The highest BCUT2D eigenvalue weighted by molar-refractivity contribution is 14.0. The van der Waals surface area contributed by atoms with Gasteiger partial charge in [-0.25, -0.2) is 4.98 Å². The molecule has 2 aromatic rings. The lowest BCUT2D eigenvalue weighted by Gasteiger charge is -2.35. The van der Waals surface area contributed by atoms with Crippen molar-refractivity contribution < 1.29 is 4.74 Å². The quantitative estimate of drug-likeness (QED) is 0.312. The van der Waals surface area contributed by atoms with Crippen LogP contribution in [-0.2, 0) is 6.42 Å². The number of hydrogen-bond acceptors (Lipinski definition) is 5. The Morgan fingerprint density at radius 2 is 2.20 bits per heavy atom. The van der Waals surface area contributed by atoms with E-state index in [0.29, 0.717) is 6.04 Å². The molecule has 0 spiro atoms. The molecule has 1 atom stereocenters. The average Bonchev–Trinajstić information content (AvgIpc) is 3.05. The molecule has 30 heavy (non-hydrogen) atoms. The van der Waals surface area contributed by atoms with Crippen LogP contribution in [0.25, 0.3) is 0 Å². The summed E-state index contributed by atoms with van der Waals surface area (Å²) in [5.74, 6) is 1.81. The van der Waals surface area contributed by atoms with Gasteiger partial charge in [-0.1, -0.05) is 6.07 Å². The lowest BCUT2D eigenvalue weighted by molar-refractivity contribution is 0.414. The van der Waals surface area contributed by atoms with E-state index in [1.165, 1.54) is 10.6 Å². The van der Waals surface area contributed by atoms with Crippen molar-refractivity contribution in [1.29, 1.82) is 0 Å². The van der Waals surface area contributed by atoms with Crippen molar-refractivity contribution in [2.75, 3.05) is 38.2 Å². The van der Waals surface area contributed by atoms with Crippen LogP contribution in [0.15, 0.2) is 29.3 Å². The Kier molecular flexibility index (Phi) is 10.2. The van der Waals surface area contributed by atoms with Gasteiger partial charge in [-0.15, -0.1) is 35.3 Å². The number of benzene rings is 1. The molecule has 1 aliphatic rings. The summed E-state index contributed by atoms with van der Waals surface area (Å²) in [7, 11) is 1.72. The zero-order valence-corrected chi connectivity index (χ0v) is 21.5. The van der Waals surface area contributed by atoms with Crippen LogP contribution < -0.4 is 20.3 Å². The number of nitrogens with zero attached hydrogens (tertiary/aromatic N) is 3. The summed E-state index contributed by atoms with van der Waals surface area (Å²) in [6.45, 7) is 9.92. The van der Waals surface area contributed by atoms with Crippen LogP contribution in [0, 0.1) is 13.8 Å². The third-order valence-electron chi connectivity index (χ3n) is 5.13. The van der Waals surface area contributed by atoms with Gasteiger partial charge in [0.1, 0.15) is 5.75 Å². The maximum absolute atomic E-state index is 5.38. The number of aryl methyl sites for hydroxylation is 2. The highest BCUT2D eigenvalue weighted by Crippen LogP contribution is 2.24. The summed E-state index contributed by atoms with van der Waals surface area (Å²) in [6.07, 6.45) is 3.25. The molecule has 2 N–H and O–H groups in total. The van der Waals surface area contributed by atoms with E-state index in [4.69, 9.17) is 9.73 Å². The van der Waals surface area contributed by atoms with Crippen LogP contribution in [0.4, 0.5) is 5.69 Å². The average molecular weight is 544 g/mol. The minimum absolute atomic E-state index is 0. The number of methoxy groups -OCH3 is 1. The van der Waals surface area contributed by atoms with Gasteiger partial charge in [0.25, 0.3) is 0 Å². The number of nitrogens with one attached hydrogen (secondary N) is 2. The van der Waals surface area contributed by atoms with E-state index in [1.54, 1.807) is 18.4 Å². The normalized spacial score (nSPS) is 16.7. The van der Waals surface area contributed by atoms with Gasteiger partial charge in [0.15, 0.2) is 5.96 Å². The smallest absolute Gasteiger partial charge is 0.191 e. The first-order chi connectivity index (χ1) is 14.1. The van der Waals surface area contributed by atoms with Gasteiger partial charge in [0.2, 0.25) is 0 Å². The Morgan fingerprint density at radius 3 is 2.90 bits per heavy atom. The predicted octanol–water partition coefficient (Wildman–Crippen LogP) is 4.15. The number of aliphatic imine (C=N–C) groups is 1. The zero-order valence-electron chi connectivity index (χ0n) is 18.4. The first-order valence-electron chi connectivity index (χ1n) is 10.5. The minimum Gasteiger partial charge on any atom is -0.497 e. The monoisotopic (exact) mass is 543 g/mol. The second-order valence-corrected chi connectivity index (χ2v) is 8.67. The van der Waals surface area contributed by atoms with Crippen LogP contribution in [0.2, 0.25) is 0 Å². The maximum atomic E-state index is 5.38. The number of piperidine rings is 1. The molecule has 0 saturated carbocycles. The summed E-state index contributed by atoms with van der Waals surface area (Å²) in [6, 6.07) is 8.69.